The Hall–Kier alpha value is -0.260. The summed E-state index contributed by atoms with van der Waals surface area (Å²) >= 11 is 1.70. The largest absolute Gasteiger partial charge is 0.385 e. The summed E-state index contributed by atoms with van der Waals surface area (Å²) in [5.41, 5.74) is 5.72. The van der Waals surface area contributed by atoms with Crippen molar-refractivity contribution in [3.63, 3.8) is 0 Å². The molecule has 0 aliphatic rings. The van der Waals surface area contributed by atoms with E-state index < -0.39 is 0 Å². The highest BCUT2D eigenvalue weighted by atomic mass is 32.2. The van der Waals surface area contributed by atoms with Crippen molar-refractivity contribution in [3.8, 4) is 0 Å². The van der Waals surface area contributed by atoms with Crippen LogP contribution in [-0.2, 0) is 9.53 Å². The van der Waals surface area contributed by atoms with Gasteiger partial charge in [-0.1, -0.05) is 0 Å². The van der Waals surface area contributed by atoms with Crippen molar-refractivity contribution in [1.82, 2.24) is 5.32 Å². The molecule has 0 aromatic carbocycles. The molecule has 4 nitrogen and oxygen atoms in total. The van der Waals surface area contributed by atoms with Crippen molar-refractivity contribution in [2.75, 3.05) is 25.7 Å². The van der Waals surface area contributed by atoms with Crippen LogP contribution in [0.25, 0.3) is 0 Å². The lowest BCUT2D eigenvalue weighted by atomic mass is 10.2. The molecule has 1 unspecified atom stereocenters. The average molecular weight is 234 g/mol. The third-order valence-electron chi connectivity index (χ3n) is 2.11. The molecule has 0 bridgehead atoms. The zero-order valence-electron chi connectivity index (χ0n) is 9.79. The van der Waals surface area contributed by atoms with Gasteiger partial charge in [-0.15, -0.1) is 0 Å². The number of thioether (sulfide) groups is 1. The Morgan fingerprint density at radius 1 is 1.53 bits per heavy atom. The van der Waals surface area contributed by atoms with Gasteiger partial charge in [0.05, 0.1) is 6.04 Å². The van der Waals surface area contributed by atoms with Gasteiger partial charge in [-0.05, 0) is 31.8 Å². The third kappa shape index (κ3) is 7.64. The van der Waals surface area contributed by atoms with E-state index in [9.17, 15) is 4.79 Å². The Morgan fingerprint density at radius 2 is 2.20 bits per heavy atom. The highest BCUT2D eigenvalue weighted by Crippen LogP contribution is 1.99. The van der Waals surface area contributed by atoms with Crippen molar-refractivity contribution in [2.24, 2.45) is 5.73 Å². The summed E-state index contributed by atoms with van der Waals surface area (Å²) in [5.74, 6) is 0.855. The molecular formula is C10H22N2O2S. The topological polar surface area (TPSA) is 64.3 Å². The maximum absolute atomic E-state index is 11.5. The second-order valence-corrected chi connectivity index (χ2v) is 4.56. The summed E-state index contributed by atoms with van der Waals surface area (Å²) in [7, 11) is 1.65. The van der Waals surface area contributed by atoms with Crippen LogP contribution in [0.4, 0.5) is 0 Å². The minimum Gasteiger partial charge on any atom is -0.385 e. The Kier molecular flexibility index (Phi) is 8.85. The van der Waals surface area contributed by atoms with Crippen LogP contribution in [0.2, 0.25) is 0 Å². The second-order valence-electron chi connectivity index (χ2n) is 3.58. The minimum atomic E-state index is -0.387. The predicted octanol–water partition coefficient (Wildman–Crippen LogP) is 0.608. The van der Waals surface area contributed by atoms with E-state index >= 15 is 0 Å². The molecule has 0 aliphatic carbocycles. The van der Waals surface area contributed by atoms with Crippen LogP contribution in [0.1, 0.15) is 19.8 Å². The molecule has 0 aliphatic heterocycles. The van der Waals surface area contributed by atoms with Gasteiger partial charge < -0.3 is 15.8 Å². The maximum Gasteiger partial charge on any atom is 0.237 e. The first kappa shape index (κ1) is 14.7. The van der Waals surface area contributed by atoms with Gasteiger partial charge in [0.2, 0.25) is 5.91 Å². The van der Waals surface area contributed by atoms with Crippen LogP contribution in [0, 0.1) is 0 Å². The number of carbonyl (C=O) groups excluding carboxylic acids is 1. The molecule has 0 saturated carbocycles. The quantitative estimate of drug-likeness (QED) is 0.646. The van der Waals surface area contributed by atoms with E-state index in [1.807, 2.05) is 13.2 Å². The van der Waals surface area contributed by atoms with Crippen molar-refractivity contribution in [1.29, 1.82) is 0 Å². The number of nitrogens with two attached hydrogens (primary N) is 1. The lowest BCUT2D eigenvalue weighted by molar-refractivity contribution is -0.123. The Bertz CT molecular complexity index is 179. The molecule has 0 fully saturated rings. The van der Waals surface area contributed by atoms with Crippen LogP contribution in [0.3, 0.4) is 0 Å². The molecule has 0 aromatic heterocycles. The van der Waals surface area contributed by atoms with E-state index in [1.54, 1.807) is 18.9 Å². The van der Waals surface area contributed by atoms with E-state index in [0.29, 0.717) is 6.61 Å². The first-order valence-corrected chi connectivity index (χ1v) is 6.55. The van der Waals surface area contributed by atoms with E-state index in [-0.39, 0.29) is 18.0 Å². The Labute approximate surface area is 96.3 Å². The van der Waals surface area contributed by atoms with Gasteiger partial charge in [-0.25, -0.2) is 0 Å². The van der Waals surface area contributed by atoms with Gasteiger partial charge in [-0.2, -0.15) is 11.8 Å². The van der Waals surface area contributed by atoms with Crippen LogP contribution >= 0.6 is 11.8 Å². The number of rotatable bonds is 8. The average Bonchev–Trinajstić information content (AvgIpc) is 2.22. The van der Waals surface area contributed by atoms with E-state index in [0.717, 1.165) is 18.6 Å². The molecule has 0 saturated heterocycles. The van der Waals surface area contributed by atoms with E-state index in [4.69, 9.17) is 10.5 Å². The number of hydrogen-bond acceptors (Lipinski definition) is 4. The van der Waals surface area contributed by atoms with Crippen LogP contribution in [-0.4, -0.2) is 43.7 Å². The number of nitrogens with one attached hydrogen (secondary N) is 1. The predicted molar refractivity (Wildman–Crippen MR) is 65.1 cm³/mol. The van der Waals surface area contributed by atoms with Crippen LogP contribution < -0.4 is 11.1 Å². The fourth-order valence-corrected chi connectivity index (χ4v) is 1.58. The molecule has 15 heavy (non-hydrogen) atoms. The summed E-state index contributed by atoms with van der Waals surface area (Å²) < 4.78 is 4.93. The molecule has 5 heteroatoms. The smallest absolute Gasteiger partial charge is 0.237 e. The van der Waals surface area contributed by atoms with Crippen molar-refractivity contribution < 1.29 is 9.53 Å². The van der Waals surface area contributed by atoms with Gasteiger partial charge >= 0.3 is 0 Å². The van der Waals surface area contributed by atoms with E-state index in [1.165, 1.54) is 0 Å². The van der Waals surface area contributed by atoms with Crippen molar-refractivity contribution >= 4 is 17.7 Å². The van der Waals surface area contributed by atoms with Gasteiger partial charge in [0.1, 0.15) is 0 Å². The fraction of sp³-hybridized carbons (Fsp3) is 0.900. The normalized spacial score (nSPS) is 14.7. The summed E-state index contributed by atoms with van der Waals surface area (Å²) in [6.07, 6.45) is 3.55. The molecule has 3 N–H and O–H groups in total. The number of carbonyl (C=O) groups is 1. The first-order valence-electron chi connectivity index (χ1n) is 5.15. The molecular weight excluding hydrogens is 212 g/mol. The number of hydrogen-bond donors (Lipinski definition) is 2. The third-order valence-corrected chi connectivity index (χ3v) is 2.76. The lowest BCUT2D eigenvalue weighted by Crippen LogP contribution is -2.44. The number of methoxy groups -OCH3 is 1. The zero-order valence-corrected chi connectivity index (χ0v) is 10.6. The van der Waals surface area contributed by atoms with Crippen molar-refractivity contribution in [2.45, 2.75) is 31.8 Å². The standard InChI is InChI=1S/C10H22N2O2S/c1-8(4-6-14-2)12-10(13)9(11)5-7-15-3/h8-9H,4-7,11H2,1-3H3,(H,12,13)/t8?,9-/m0/s1. The fourth-order valence-electron chi connectivity index (χ4n) is 1.09. The van der Waals surface area contributed by atoms with Gasteiger partial charge in [0.15, 0.2) is 0 Å². The molecule has 0 heterocycles. The summed E-state index contributed by atoms with van der Waals surface area (Å²) in [6.45, 7) is 2.61. The Balaban J connectivity index is 3.70. The number of ether oxygens (including phenoxy) is 1. The minimum absolute atomic E-state index is 0.0624. The monoisotopic (exact) mass is 234 g/mol. The lowest BCUT2D eigenvalue weighted by Gasteiger charge is -2.16. The van der Waals surface area contributed by atoms with Crippen LogP contribution in [0.15, 0.2) is 0 Å². The summed E-state index contributed by atoms with van der Waals surface area (Å²) in [5, 5.41) is 2.87. The van der Waals surface area contributed by atoms with Gasteiger partial charge in [-0.3, -0.25) is 4.79 Å². The highest BCUT2D eigenvalue weighted by Gasteiger charge is 2.14. The molecule has 0 rings (SSSR count). The molecule has 90 valence electrons. The molecule has 0 spiro atoms. The maximum atomic E-state index is 11.5. The molecule has 1 amide bonds. The summed E-state index contributed by atoms with van der Waals surface area (Å²) in [6, 6.07) is -0.264. The zero-order chi connectivity index (χ0) is 11.7. The SMILES string of the molecule is COCCC(C)NC(=O)[C@@H](N)CCSC. The van der Waals surface area contributed by atoms with Crippen LogP contribution in [0.5, 0.6) is 0 Å². The second kappa shape index (κ2) is 9.00. The summed E-state index contributed by atoms with van der Waals surface area (Å²) in [4.78, 5) is 11.5. The number of amides is 1. The highest BCUT2D eigenvalue weighted by molar-refractivity contribution is 7.98. The molecule has 0 aromatic rings. The Morgan fingerprint density at radius 3 is 2.73 bits per heavy atom. The molecule has 2 atom stereocenters. The van der Waals surface area contributed by atoms with Gasteiger partial charge in [0, 0.05) is 19.8 Å². The molecule has 0 radical (unpaired) electrons. The first-order chi connectivity index (χ1) is 7.11. The van der Waals surface area contributed by atoms with E-state index in [2.05, 4.69) is 5.32 Å². The van der Waals surface area contributed by atoms with Crippen molar-refractivity contribution in [3.05, 3.63) is 0 Å². The van der Waals surface area contributed by atoms with Gasteiger partial charge in [0.25, 0.3) is 0 Å².